The molecule has 24 heavy (non-hydrogen) atoms. The van der Waals surface area contributed by atoms with E-state index < -0.39 is 0 Å². The van der Waals surface area contributed by atoms with Gasteiger partial charge in [-0.1, -0.05) is 25.1 Å². The van der Waals surface area contributed by atoms with Gasteiger partial charge in [0.2, 0.25) is 0 Å². The fourth-order valence-electron chi connectivity index (χ4n) is 2.70. The van der Waals surface area contributed by atoms with E-state index in [0.29, 0.717) is 19.0 Å². The van der Waals surface area contributed by atoms with E-state index in [4.69, 9.17) is 0 Å². The number of halogens is 1. The lowest BCUT2D eigenvalue weighted by atomic mass is 10.0. The molecular formula is C17H25IN4O2. The number of aliphatic imine (C=N–C) groups is 1. The average molecular weight is 444 g/mol. The molecule has 0 amide bonds. The number of rotatable bonds is 5. The Kier molecular flexibility index (Phi) is 8.73. The zero-order chi connectivity index (χ0) is 16.7. The summed E-state index contributed by atoms with van der Waals surface area (Å²) in [4.78, 5) is 17.3. The Morgan fingerprint density at radius 3 is 2.79 bits per heavy atom. The van der Waals surface area contributed by atoms with Gasteiger partial charge in [-0.2, -0.15) is 0 Å². The summed E-state index contributed by atoms with van der Waals surface area (Å²) in [6.07, 6.45) is 4.25. The van der Waals surface area contributed by atoms with Crippen molar-refractivity contribution in [2.75, 3.05) is 19.6 Å². The van der Waals surface area contributed by atoms with Gasteiger partial charge in [-0.05, 0) is 24.3 Å². The minimum atomic E-state index is -0.390. The molecule has 0 aliphatic carbocycles. The van der Waals surface area contributed by atoms with Crippen molar-refractivity contribution in [1.29, 1.82) is 0 Å². The van der Waals surface area contributed by atoms with Crippen molar-refractivity contribution in [3.05, 3.63) is 52.6 Å². The Morgan fingerprint density at radius 1 is 1.50 bits per heavy atom. The van der Waals surface area contributed by atoms with Crippen molar-refractivity contribution in [2.45, 2.75) is 26.3 Å². The van der Waals surface area contributed by atoms with Crippen LogP contribution in [-0.2, 0) is 6.54 Å². The van der Waals surface area contributed by atoms with Gasteiger partial charge in [-0.15, -0.1) is 30.6 Å². The molecule has 1 atom stereocenters. The summed E-state index contributed by atoms with van der Waals surface area (Å²) in [6.45, 7) is 9.18. The maximum atomic E-state index is 10.7. The predicted octanol–water partition coefficient (Wildman–Crippen LogP) is 3.58. The first-order chi connectivity index (χ1) is 11.1. The minimum absolute atomic E-state index is 0. The van der Waals surface area contributed by atoms with Crippen LogP contribution in [-0.4, -0.2) is 35.4 Å². The molecule has 1 aromatic rings. The van der Waals surface area contributed by atoms with Crippen LogP contribution in [0.15, 0.2) is 41.9 Å². The van der Waals surface area contributed by atoms with Crippen LogP contribution in [0.2, 0.25) is 0 Å². The van der Waals surface area contributed by atoms with Crippen LogP contribution in [0.5, 0.6) is 0 Å². The molecule has 0 bridgehead atoms. The largest absolute Gasteiger partial charge is 0.353 e. The van der Waals surface area contributed by atoms with E-state index in [1.165, 1.54) is 25.0 Å². The number of likely N-dealkylation sites (tertiary alicyclic amines) is 1. The summed E-state index contributed by atoms with van der Waals surface area (Å²) in [5.41, 5.74) is 1.06. The molecule has 0 radical (unpaired) electrons. The summed E-state index contributed by atoms with van der Waals surface area (Å²) in [5, 5.41) is 14.0. The highest BCUT2D eigenvalue weighted by Crippen LogP contribution is 2.16. The Bertz CT molecular complexity index is 574. The number of nitro groups is 1. The average Bonchev–Trinajstić information content (AvgIpc) is 2.55. The normalized spacial score (nSPS) is 17.8. The summed E-state index contributed by atoms with van der Waals surface area (Å²) in [6, 6.07) is 6.55. The highest BCUT2D eigenvalue weighted by molar-refractivity contribution is 14.0. The third-order valence-corrected chi connectivity index (χ3v) is 3.92. The first kappa shape index (κ1) is 20.4. The predicted molar refractivity (Wildman–Crippen MR) is 108 cm³/mol. The zero-order valence-corrected chi connectivity index (χ0v) is 16.3. The van der Waals surface area contributed by atoms with Gasteiger partial charge in [0.1, 0.15) is 0 Å². The van der Waals surface area contributed by atoms with E-state index in [2.05, 4.69) is 28.7 Å². The number of nitrogens with one attached hydrogen (secondary N) is 1. The second-order valence-corrected chi connectivity index (χ2v) is 5.93. The number of guanidine groups is 1. The minimum Gasteiger partial charge on any atom is -0.353 e. The highest BCUT2D eigenvalue weighted by Gasteiger charge is 2.19. The standard InChI is InChI=1S/C17H24N4O2.HI/c1-3-10-18-17(20-11-4-5-14(2)13-20)19-12-15-6-8-16(9-7-15)21(22)23;/h3,6-9,14H,1,4-5,10-13H2,2H3,(H,18,19);1H. The van der Waals surface area contributed by atoms with E-state index in [1.54, 1.807) is 12.1 Å². The van der Waals surface area contributed by atoms with Crippen molar-refractivity contribution in [3.63, 3.8) is 0 Å². The van der Waals surface area contributed by atoms with E-state index in [-0.39, 0.29) is 34.6 Å². The van der Waals surface area contributed by atoms with Crippen LogP contribution in [0.1, 0.15) is 25.3 Å². The Hall–Kier alpha value is -1.64. The van der Waals surface area contributed by atoms with Crippen molar-refractivity contribution in [1.82, 2.24) is 10.2 Å². The van der Waals surface area contributed by atoms with Crippen molar-refractivity contribution >= 4 is 35.6 Å². The van der Waals surface area contributed by atoms with Crippen LogP contribution >= 0.6 is 24.0 Å². The number of hydrogen-bond donors (Lipinski definition) is 1. The van der Waals surface area contributed by atoms with E-state index in [9.17, 15) is 10.1 Å². The molecule has 1 saturated heterocycles. The van der Waals surface area contributed by atoms with Crippen LogP contribution in [0.4, 0.5) is 5.69 Å². The molecule has 1 N–H and O–H groups in total. The molecule has 1 aliphatic rings. The Labute approximate surface area is 160 Å². The van der Waals surface area contributed by atoms with Gasteiger partial charge in [-0.3, -0.25) is 10.1 Å². The Morgan fingerprint density at radius 2 is 2.21 bits per heavy atom. The molecule has 1 aromatic carbocycles. The maximum absolute atomic E-state index is 10.7. The molecule has 1 unspecified atom stereocenters. The fraction of sp³-hybridized carbons (Fsp3) is 0.471. The van der Waals surface area contributed by atoms with Gasteiger partial charge in [0.25, 0.3) is 5.69 Å². The number of nitro benzene ring substituents is 1. The lowest BCUT2D eigenvalue weighted by Gasteiger charge is -2.33. The van der Waals surface area contributed by atoms with E-state index in [0.717, 1.165) is 24.6 Å². The van der Waals surface area contributed by atoms with Crippen LogP contribution < -0.4 is 5.32 Å². The Balaban J connectivity index is 0.00000288. The molecule has 132 valence electrons. The van der Waals surface area contributed by atoms with Gasteiger partial charge >= 0.3 is 0 Å². The topological polar surface area (TPSA) is 70.8 Å². The van der Waals surface area contributed by atoms with E-state index in [1.807, 2.05) is 6.08 Å². The maximum Gasteiger partial charge on any atom is 0.269 e. The van der Waals surface area contributed by atoms with E-state index >= 15 is 0 Å². The molecule has 2 rings (SSSR count). The quantitative estimate of drug-likeness (QED) is 0.188. The van der Waals surface area contributed by atoms with Crippen molar-refractivity contribution in [2.24, 2.45) is 10.9 Å². The molecule has 7 heteroatoms. The molecule has 6 nitrogen and oxygen atoms in total. The number of non-ortho nitro benzene ring substituents is 1. The summed E-state index contributed by atoms with van der Waals surface area (Å²) >= 11 is 0. The van der Waals surface area contributed by atoms with Gasteiger partial charge in [0.15, 0.2) is 5.96 Å². The molecule has 1 heterocycles. The lowest BCUT2D eigenvalue weighted by molar-refractivity contribution is -0.384. The van der Waals surface area contributed by atoms with Gasteiger partial charge in [0, 0.05) is 31.8 Å². The molecule has 0 aromatic heterocycles. The molecular weight excluding hydrogens is 419 g/mol. The second kappa shape index (κ2) is 10.3. The zero-order valence-electron chi connectivity index (χ0n) is 14.0. The highest BCUT2D eigenvalue weighted by atomic mass is 127. The van der Waals surface area contributed by atoms with Gasteiger partial charge < -0.3 is 10.2 Å². The van der Waals surface area contributed by atoms with Crippen molar-refractivity contribution in [3.8, 4) is 0 Å². The lowest BCUT2D eigenvalue weighted by Crippen LogP contribution is -2.46. The summed E-state index contributed by atoms with van der Waals surface area (Å²) in [7, 11) is 0. The number of hydrogen-bond acceptors (Lipinski definition) is 3. The van der Waals surface area contributed by atoms with Crippen LogP contribution in [0.25, 0.3) is 0 Å². The first-order valence-electron chi connectivity index (χ1n) is 7.97. The molecule has 1 fully saturated rings. The summed E-state index contributed by atoms with van der Waals surface area (Å²) in [5.74, 6) is 1.55. The number of benzene rings is 1. The van der Waals surface area contributed by atoms with Gasteiger partial charge in [-0.25, -0.2) is 4.99 Å². The SMILES string of the molecule is C=CCNC(=NCc1ccc([N+](=O)[O-])cc1)N1CCCC(C)C1.I. The number of nitrogens with zero attached hydrogens (tertiary/aromatic N) is 3. The molecule has 0 saturated carbocycles. The van der Waals surface area contributed by atoms with Crippen molar-refractivity contribution < 1.29 is 4.92 Å². The fourth-order valence-corrected chi connectivity index (χ4v) is 2.70. The molecule has 1 aliphatic heterocycles. The molecule has 0 spiro atoms. The third-order valence-electron chi connectivity index (χ3n) is 3.92. The number of piperidine rings is 1. The first-order valence-corrected chi connectivity index (χ1v) is 7.97. The van der Waals surface area contributed by atoms with Gasteiger partial charge in [0.05, 0.1) is 11.5 Å². The third kappa shape index (κ3) is 6.10. The monoisotopic (exact) mass is 444 g/mol. The smallest absolute Gasteiger partial charge is 0.269 e. The van der Waals surface area contributed by atoms with Crippen LogP contribution in [0, 0.1) is 16.0 Å². The summed E-state index contributed by atoms with van der Waals surface area (Å²) < 4.78 is 0. The second-order valence-electron chi connectivity index (χ2n) is 5.93. The van der Waals surface area contributed by atoms with Crippen LogP contribution in [0.3, 0.4) is 0 Å².